The number of carbonyl (C=O) groups is 1. The van der Waals surface area contributed by atoms with Crippen LogP contribution in [0.2, 0.25) is 0 Å². The molecular weight excluding hydrogens is 435 g/mol. The predicted molar refractivity (Wildman–Crippen MR) is 133 cm³/mol. The maximum Gasteiger partial charge on any atom is 0.338 e. The number of benzene rings is 2. The zero-order valence-electron chi connectivity index (χ0n) is 20.3. The van der Waals surface area contributed by atoms with E-state index in [2.05, 4.69) is 24.1 Å². The third kappa shape index (κ3) is 4.52. The second-order valence-electron chi connectivity index (χ2n) is 10.1. The molecule has 2 aromatic carbocycles. The van der Waals surface area contributed by atoms with Crippen LogP contribution in [0.25, 0.3) is 11.0 Å². The van der Waals surface area contributed by atoms with Gasteiger partial charge in [0.1, 0.15) is 11.4 Å². The van der Waals surface area contributed by atoms with Crippen LogP contribution in [0.1, 0.15) is 66.7 Å². The molecule has 180 valence electrons. The third-order valence-electron chi connectivity index (χ3n) is 6.87. The lowest BCUT2D eigenvalue weighted by Gasteiger charge is -2.37. The minimum atomic E-state index is -1.21. The number of fused-ring (bicyclic) bond motifs is 1. The smallest absolute Gasteiger partial charge is 0.338 e. The fourth-order valence-corrected chi connectivity index (χ4v) is 4.63. The average Bonchev–Trinajstić information content (AvgIpc) is 2.76. The Hall–Kier alpha value is -3.35. The summed E-state index contributed by atoms with van der Waals surface area (Å²) in [6, 6.07) is 7.59. The van der Waals surface area contributed by atoms with Crippen LogP contribution in [-0.2, 0) is 0 Å². The van der Waals surface area contributed by atoms with E-state index in [4.69, 9.17) is 4.42 Å². The number of carboxylic acid groups (broad SMARTS) is 1. The molecule has 2 N–H and O–H groups in total. The fraction of sp³-hybridized carbons (Fsp3) is 0.407. The zero-order valence-corrected chi connectivity index (χ0v) is 20.3. The molecular formula is C27H31FN2O4. The van der Waals surface area contributed by atoms with Crippen molar-refractivity contribution in [1.82, 2.24) is 0 Å². The molecule has 0 spiro atoms. The Morgan fingerprint density at radius 1 is 1.18 bits per heavy atom. The molecule has 1 atom stereocenters. The number of aryl methyl sites for hydroxylation is 1. The molecule has 6 nitrogen and oxygen atoms in total. The number of hydrogen-bond donors (Lipinski definition) is 2. The van der Waals surface area contributed by atoms with Crippen molar-refractivity contribution in [1.29, 1.82) is 0 Å². The number of nitrogens with one attached hydrogen (secondary N) is 1. The van der Waals surface area contributed by atoms with E-state index in [-0.39, 0.29) is 22.0 Å². The van der Waals surface area contributed by atoms with E-state index in [0.29, 0.717) is 22.5 Å². The molecule has 1 aliphatic rings. The van der Waals surface area contributed by atoms with Crippen LogP contribution in [0.15, 0.2) is 39.5 Å². The molecule has 1 aromatic heterocycles. The summed E-state index contributed by atoms with van der Waals surface area (Å²) in [7, 11) is 0. The summed E-state index contributed by atoms with van der Waals surface area (Å²) in [5.74, 6) is -1.23. The quantitative estimate of drug-likeness (QED) is 0.477. The Balaban J connectivity index is 1.77. The van der Waals surface area contributed by atoms with Crippen molar-refractivity contribution in [3.05, 3.63) is 68.6 Å². The summed E-state index contributed by atoms with van der Waals surface area (Å²) < 4.78 is 20.3. The Morgan fingerprint density at radius 3 is 2.50 bits per heavy atom. The molecule has 4 rings (SSSR count). The summed E-state index contributed by atoms with van der Waals surface area (Å²) in [6.45, 7) is 11.3. The molecule has 0 saturated carbocycles. The van der Waals surface area contributed by atoms with E-state index < -0.39 is 17.8 Å². The third-order valence-corrected chi connectivity index (χ3v) is 6.87. The van der Waals surface area contributed by atoms with Crippen molar-refractivity contribution in [3.63, 3.8) is 0 Å². The lowest BCUT2D eigenvalue weighted by molar-refractivity contribution is 0.0696. The van der Waals surface area contributed by atoms with Gasteiger partial charge in [-0.2, -0.15) is 0 Å². The monoisotopic (exact) mass is 466 g/mol. The highest BCUT2D eigenvalue weighted by Crippen LogP contribution is 2.35. The maximum atomic E-state index is 14.0. The van der Waals surface area contributed by atoms with Gasteiger partial charge in [0, 0.05) is 36.0 Å². The van der Waals surface area contributed by atoms with E-state index in [9.17, 15) is 19.1 Å². The van der Waals surface area contributed by atoms with Crippen LogP contribution in [0.3, 0.4) is 0 Å². The lowest BCUT2D eigenvalue weighted by Crippen LogP contribution is -2.37. The number of rotatable bonds is 5. The Labute approximate surface area is 198 Å². The molecule has 3 aromatic rings. The summed E-state index contributed by atoms with van der Waals surface area (Å²) in [5, 5.41) is 13.3. The minimum Gasteiger partial charge on any atom is -0.478 e. The average molecular weight is 467 g/mol. The fourth-order valence-electron chi connectivity index (χ4n) is 4.63. The molecule has 0 aliphatic carbocycles. The Morgan fingerprint density at radius 2 is 1.85 bits per heavy atom. The standard InChI is InChI=1S/C27H31FN2O4/c1-15-12-18(17(3)29-21-7-6-20(28)16(2)24(21)26(32)33)25-19(13-15)22(31)14-23(34-25)30-10-8-27(4,5)9-11-30/h6-7,12-14,17,29H,8-11H2,1-5H3,(H,32,33). The minimum absolute atomic E-state index is 0.0700. The molecule has 1 aliphatic heterocycles. The molecule has 0 radical (unpaired) electrons. The largest absolute Gasteiger partial charge is 0.478 e. The van der Waals surface area contributed by atoms with E-state index in [1.54, 1.807) is 6.07 Å². The number of piperidine rings is 1. The highest BCUT2D eigenvalue weighted by atomic mass is 19.1. The predicted octanol–water partition coefficient (Wildman–Crippen LogP) is 6.05. The first-order valence-electron chi connectivity index (χ1n) is 11.6. The number of anilines is 2. The van der Waals surface area contributed by atoms with Crippen molar-refractivity contribution < 1.29 is 18.7 Å². The SMILES string of the molecule is Cc1cc(C(C)Nc2ccc(F)c(C)c2C(=O)O)c2oc(N3CCC(C)(C)CC3)cc(=O)c2c1. The van der Waals surface area contributed by atoms with Crippen LogP contribution >= 0.6 is 0 Å². The molecule has 2 heterocycles. The highest BCUT2D eigenvalue weighted by molar-refractivity contribution is 5.96. The molecule has 1 saturated heterocycles. The van der Waals surface area contributed by atoms with Crippen LogP contribution in [0.4, 0.5) is 16.0 Å². The second-order valence-corrected chi connectivity index (χ2v) is 10.1. The van der Waals surface area contributed by atoms with E-state index >= 15 is 0 Å². The van der Waals surface area contributed by atoms with E-state index in [1.807, 2.05) is 26.0 Å². The van der Waals surface area contributed by atoms with Gasteiger partial charge in [-0.1, -0.05) is 19.9 Å². The van der Waals surface area contributed by atoms with Gasteiger partial charge < -0.3 is 19.7 Å². The molecule has 0 bridgehead atoms. The van der Waals surface area contributed by atoms with E-state index in [0.717, 1.165) is 37.1 Å². The maximum absolute atomic E-state index is 14.0. The summed E-state index contributed by atoms with van der Waals surface area (Å²) in [5.41, 5.74) is 2.54. The molecule has 0 amide bonds. The Bertz CT molecular complexity index is 1320. The van der Waals surface area contributed by atoms with Crippen LogP contribution < -0.4 is 15.6 Å². The van der Waals surface area contributed by atoms with Gasteiger partial charge in [-0.3, -0.25) is 4.79 Å². The highest BCUT2D eigenvalue weighted by Gasteiger charge is 2.27. The van der Waals surface area contributed by atoms with Gasteiger partial charge in [0.2, 0.25) is 0 Å². The van der Waals surface area contributed by atoms with Gasteiger partial charge in [-0.25, -0.2) is 9.18 Å². The second kappa shape index (κ2) is 8.78. The van der Waals surface area contributed by atoms with Gasteiger partial charge in [0.15, 0.2) is 11.3 Å². The van der Waals surface area contributed by atoms with Crippen LogP contribution in [0.5, 0.6) is 0 Å². The van der Waals surface area contributed by atoms with Gasteiger partial charge in [0.05, 0.1) is 17.0 Å². The molecule has 7 heteroatoms. The molecule has 34 heavy (non-hydrogen) atoms. The van der Waals surface area contributed by atoms with Gasteiger partial charge in [-0.15, -0.1) is 0 Å². The molecule has 1 fully saturated rings. The summed E-state index contributed by atoms with van der Waals surface area (Å²) in [6.07, 6.45) is 2.02. The van der Waals surface area contributed by atoms with E-state index in [1.165, 1.54) is 19.1 Å². The van der Waals surface area contributed by atoms with Crippen molar-refractivity contribution in [2.75, 3.05) is 23.3 Å². The number of hydrogen-bond acceptors (Lipinski definition) is 5. The number of nitrogens with zero attached hydrogens (tertiary/aromatic N) is 1. The van der Waals surface area contributed by atoms with Crippen LogP contribution in [-0.4, -0.2) is 24.2 Å². The number of halogens is 1. The normalized spacial score (nSPS) is 16.5. The topological polar surface area (TPSA) is 82.8 Å². The van der Waals surface area contributed by atoms with Crippen molar-refractivity contribution in [2.45, 2.75) is 53.5 Å². The summed E-state index contributed by atoms with van der Waals surface area (Å²) in [4.78, 5) is 27.0. The first-order valence-corrected chi connectivity index (χ1v) is 11.6. The zero-order chi connectivity index (χ0) is 24.8. The lowest BCUT2D eigenvalue weighted by atomic mass is 9.83. The van der Waals surface area contributed by atoms with Crippen LogP contribution in [0, 0.1) is 25.1 Å². The Kier molecular flexibility index (Phi) is 6.14. The van der Waals surface area contributed by atoms with Gasteiger partial charge in [-0.05, 0) is 62.8 Å². The summed E-state index contributed by atoms with van der Waals surface area (Å²) >= 11 is 0. The first kappa shape index (κ1) is 23.8. The van der Waals surface area contributed by atoms with Gasteiger partial charge >= 0.3 is 5.97 Å². The van der Waals surface area contributed by atoms with Crippen molar-refractivity contribution in [2.24, 2.45) is 5.41 Å². The van der Waals surface area contributed by atoms with Gasteiger partial charge in [0.25, 0.3) is 0 Å². The first-order chi connectivity index (χ1) is 16.0. The molecule has 1 unspecified atom stereocenters. The number of aromatic carboxylic acids is 1. The van der Waals surface area contributed by atoms with Crippen molar-refractivity contribution in [3.8, 4) is 0 Å². The number of carboxylic acids is 1. The van der Waals surface area contributed by atoms with Crippen molar-refractivity contribution >= 4 is 28.5 Å².